The van der Waals surface area contributed by atoms with Crippen molar-refractivity contribution in [1.82, 2.24) is 15.1 Å². The van der Waals surface area contributed by atoms with Crippen LogP contribution < -0.4 is 5.32 Å². The first-order chi connectivity index (χ1) is 10.4. The molecule has 0 aliphatic carbocycles. The van der Waals surface area contributed by atoms with Crippen LogP contribution in [0.2, 0.25) is 0 Å². The summed E-state index contributed by atoms with van der Waals surface area (Å²) in [7, 11) is 3.20. The van der Waals surface area contributed by atoms with Crippen LogP contribution in [0.5, 0.6) is 0 Å². The van der Waals surface area contributed by atoms with Gasteiger partial charge in [0.2, 0.25) is 0 Å². The summed E-state index contributed by atoms with van der Waals surface area (Å²) >= 11 is 0. The van der Waals surface area contributed by atoms with Crippen molar-refractivity contribution in [1.29, 1.82) is 0 Å². The van der Waals surface area contributed by atoms with E-state index in [1.165, 1.54) is 7.11 Å². The highest BCUT2D eigenvalue weighted by Gasteiger charge is 2.12. The normalized spacial score (nSPS) is 10.4. The molecule has 0 saturated carbocycles. The van der Waals surface area contributed by atoms with E-state index in [2.05, 4.69) is 15.2 Å². The Balaban J connectivity index is 2.05. The number of aryl methyl sites for hydroxylation is 2. The lowest BCUT2D eigenvalue weighted by atomic mass is 10.1. The van der Waals surface area contributed by atoms with Crippen molar-refractivity contribution in [2.45, 2.75) is 20.4 Å². The van der Waals surface area contributed by atoms with Crippen LogP contribution in [-0.4, -0.2) is 28.8 Å². The molecule has 0 atom stereocenters. The molecule has 0 unspecified atom stereocenters. The van der Waals surface area contributed by atoms with Crippen LogP contribution in [0, 0.1) is 13.8 Å². The molecule has 1 amide bonds. The summed E-state index contributed by atoms with van der Waals surface area (Å²) in [5, 5.41) is 7.18. The van der Waals surface area contributed by atoms with Gasteiger partial charge in [-0.05, 0) is 38.1 Å². The van der Waals surface area contributed by atoms with Crippen molar-refractivity contribution in [3.05, 3.63) is 52.3 Å². The average Bonchev–Trinajstić information content (AvgIpc) is 2.77. The van der Waals surface area contributed by atoms with Gasteiger partial charge in [0.25, 0.3) is 5.91 Å². The predicted molar refractivity (Wildman–Crippen MR) is 81.6 cm³/mol. The second kappa shape index (κ2) is 6.43. The maximum atomic E-state index is 12.1. The minimum Gasteiger partial charge on any atom is -0.465 e. The van der Waals surface area contributed by atoms with Gasteiger partial charge in [0.15, 0.2) is 0 Å². The first kappa shape index (κ1) is 15.8. The van der Waals surface area contributed by atoms with Crippen LogP contribution in [-0.2, 0) is 18.3 Å². The Labute approximate surface area is 129 Å². The van der Waals surface area contributed by atoms with Gasteiger partial charge in [-0.1, -0.05) is 0 Å². The number of ether oxygens (including phenoxy) is 1. The van der Waals surface area contributed by atoms with Crippen LogP contribution in [0.15, 0.2) is 24.3 Å². The zero-order valence-electron chi connectivity index (χ0n) is 13.1. The Hall–Kier alpha value is -2.63. The molecule has 116 valence electrons. The third-order valence-electron chi connectivity index (χ3n) is 3.65. The molecule has 0 saturated heterocycles. The summed E-state index contributed by atoms with van der Waals surface area (Å²) in [6.07, 6.45) is 0. The minimum absolute atomic E-state index is 0.195. The number of hydrogen-bond donors (Lipinski definition) is 1. The Bertz CT molecular complexity index is 702. The number of methoxy groups -OCH3 is 1. The SMILES string of the molecule is COC(=O)c1ccc(C(=O)NCc2c(C)nn(C)c2C)cc1. The molecule has 0 spiro atoms. The van der Waals surface area contributed by atoms with E-state index in [-0.39, 0.29) is 5.91 Å². The lowest BCUT2D eigenvalue weighted by Crippen LogP contribution is -2.23. The van der Waals surface area contributed by atoms with Crippen molar-refractivity contribution in [2.75, 3.05) is 7.11 Å². The fraction of sp³-hybridized carbons (Fsp3) is 0.312. The minimum atomic E-state index is -0.423. The van der Waals surface area contributed by atoms with Gasteiger partial charge in [0, 0.05) is 30.4 Å². The summed E-state index contributed by atoms with van der Waals surface area (Å²) in [5.41, 5.74) is 3.85. The monoisotopic (exact) mass is 301 g/mol. The molecule has 0 radical (unpaired) electrons. The quantitative estimate of drug-likeness (QED) is 0.873. The second-order valence-corrected chi connectivity index (χ2v) is 5.02. The van der Waals surface area contributed by atoms with Crippen molar-refractivity contribution in [3.8, 4) is 0 Å². The van der Waals surface area contributed by atoms with Gasteiger partial charge in [-0.15, -0.1) is 0 Å². The average molecular weight is 301 g/mol. The van der Waals surface area contributed by atoms with Crippen LogP contribution in [0.3, 0.4) is 0 Å². The number of amides is 1. The number of benzene rings is 1. The number of carbonyl (C=O) groups excluding carboxylic acids is 2. The van der Waals surface area contributed by atoms with Crippen molar-refractivity contribution in [3.63, 3.8) is 0 Å². The van der Waals surface area contributed by atoms with Crippen LogP contribution in [0.25, 0.3) is 0 Å². The van der Waals surface area contributed by atoms with Crippen LogP contribution >= 0.6 is 0 Å². The second-order valence-electron chi connectivity index (χ2n) is 5.02. The van der Waals surface area contributed by atoms with E-state index < -0.39 is 5.97 Å². The van der Waals surface area contributed by atoms with Gasteiger partial charge in [-0.3, -0.25) is 9.48 Å². The van der Waals surface area contributed by atoms with Crippen LogP contribution in [0.1, 0.15) is 37.7 Å². The number of carbonyl (C=O) groups is 2. The maximum absolute atomic E-state index is 12.1. The lowest BCUT2D eigenvalue weighted by Gasteiger charge is -2.06. The molecule has 2 aromatic rings. The number of aromatic nitrogens is 2. The number of nitrogens with one attached hydrogen (secondary N) is 1. The molecule has 1 heterocycles. The number of hydrogen-bond acceptors (Lipinski definition) is 4. The van der Waals surface area contributed by atoms with E-state index in [4.69, 9.17) is 0 Å². The molecule has 22 heavy (non-hydrogen) atoms. The third-order valence-corrected chi connectivity index (χ3v) is 3.65. The molecule has 0 aliphatic heterocycles. The molecule has 1 aromatic heterocycles. The largest absolute Gasteiger partial charge is 0.465 e. The zero-order valence-corrected chi connectivity index (χ0v) is 13.1. The number of nitrogens with zero attached hydrogens (tertiary/aromatic N) is 2. The number of esters is 1. The molecule has 6 nitrogen and oxygen atoms in total. The topological polar surface area (TPSA) is 73.2 Å². The number of rotatable bonds is 4. The van der Waals surface area contributed by atoms with E-state index >= 15 is 0 Å². The Morgan fingerprint density at radius 3 is 2.27 bits per heavy atom. The lowest BCUT2D eigenvalue weighted by molar-refractivity contribution is 0.0600. The van der Waals surface area contributed by atoms with E-state index in [1.807, 2.05) is 20.9 Å². The van der Waals surface area contributed by atoms with E-state index in [0.717, 1.165) is 17.0 Å². The summed E-state index contributed by atoms with van der Waals surface area (Å²) in [6.45, 7) is 4.30. The molecule has 0 fully saturated rings. The highest BCUT2D eigenvalue weighted by atomic mass is 16.5. The van der Waals surface area contributed by atoms with Gasteiger partial charge in [-0.25, -0.2) is 4.79 Å². The summed E-state index contributed by atoms with van der Waals surface area (Å²) in [6, 6.07) is 6.34. The van der Waals surface area contributed by atoms with E-state index in [0.29, 0.717) is 17.7 Å². The van der Waals surface area contributed by atoms with Gasteiger partial charge >= 0.3 is 5.97 Å². The summed E-state index contributed by atoms with van der Waals surface area (Å²) in [4.78, 5) is 23.5. The van der Waals surface area contributed by atoms with Crippen LogP contribution in [0.4, 0.5) is 0 Å². The standard InChI is InChI=1S/C16H19N3O3/c1-10-14(11(2)19(3)18-10)9-17-15(20)12-5-7-13(8-6-12)16(21)22-4/h5-8H,9H2,1-4H3,(H,17,20). The van der Waals surface area contributed by atoms with Crippen molar-refractivity contribution in [2.24, 2.45) is 7.05 Å². The first-order valence-electron chi connectivity index (χ1n) is 6.89. The van der Waals surface area contributed by atoms with E-state index in [1.54, 1.807) is 28.9 Å². The van der Waals surface area contributed by atoms with Gasteiger partial charge in [-0.2, -0.15) is 5.10 Å². The molecular weight excluding hydrogens is 282 g/mol. The first-order valence-corrected chi connectivity index (χ1v) is 6.89. The zero-order chi connectivity index (χ0) is 16.3. The molecule has 1 aromatic carbocycles. The Morgan fingerprint density at radius 1 is 1.18 bits per heavy atom. The molecule has 2 rings (SSSR count). The fourth-order valence-corrected chi connectivity index (χ4v) is 2.22. The molecular formula is C16H19N3O3. The highest BCUT2D eigenvalue weighted by Crippen LogP contribution is 2.12. The summed E-state index contributed by atoms with van der Waals surface area (Å²) in [5.74, 6) is -0.618. The van der Waals surface area contributed by atoms with Crippen molar-refractivity contribution < 1.29 is 14.3 Å². The molecule has 0 bridgehead atoms. The predicted octanol–water partition coefficient (Wildman–Crippen LogP) is 1.75. The fourth-order valence-electron chi connectivity index (χ4n) is 2.22. The van der Waals surface area contributed by atoms with Crippen molar-refractivity contribution >= 4 is 11.9 Å². The van der Waals surface area contributed by atoms with E-state index in [9.17, 15) is 9.59 Å². The Morgan fingerprint density at radius 2 is 1.77 bits per heavy atom. The molecule has 1 N–H and O–H groups in total. The molecule has 6 heteroatoms. The Kier molecular flexibility index (Phi) is 4.60. The van der Waals surface area contributed by atoms with Gasteiger partial charge < -0.3 is 10.1 Å². The summed E-state index contributed by atoms with van der Waals surface area (Å²) < 4.78 is 6.42. The highest BCUT2D eigenvalue weighted by molar-refractivity contribution is 5.96. The van der Waals surface area contributed by atoms with Gasteiger partial charge in [0.05, 0.1) is 18.4 Å². The van der Waals surface area contributed by atoms with Gasteiger partial charge in [0.1, 0.15) is 0 Å². The smallest absolute Gasteiger partial charge is 0.337 e. The maximum Gasteiger partial charge on any atom is 0.337 e. The molecule has 0 aliphatic rings. The third kappa shape index (κ3) is 3.16.